The monoisotopic (exact) mass is 242 g/mol. The second kappa shape index (κ2) is 7.31. The van der Waals surface area contributed by atoms with Crippen molar-refractivity contribution in [3.63, 3.8) is 0 Å². The maximum atomic E-state index is 5.48. The Morgan fingerprint density at radius 3 is 2.88 bits per heavy atom. The van der Waals surface area contributed by atoms with Gasteiger partial charge in [-0.3, -0.25) is 0 Å². The molecule has 0 aromatic heterocycles. The highest BCUT2D eigenvalue weighted by Gasteiger charge is 2.33. The van der Waals surface area contributed by atoms with Gasteiger partial charge in [0, 0.05) is 45.9 Å². The molecule has 1 saturated carbocycles. The predicted molar refractivity (Wildman–Crippen MR) is 68.3 cm³/mol. The largest absolute Gasteiger partial charge is 0.382 e. The third-order valence-corrected chi connectivity index (χ3v) is 3.68. The molecule has 1 aliphatic carbocycles. The number of piperazine rings is 1. The fourth-order valence-electron chi connectivity index (χ4n) is 2.49. The van der Waals surface area contributed by atoms with Crippen LogP contribution < -0.4 is 5.32 Å². The highest BCUT2D eigenvalue weighted by atomic mass is 16.5. The zero-order chi connectivity index (χ0) is 11.9. The van der Waals surface area contributed by atoms with Crippen molar-refractivity contribution in [2.24, 2.45) is 5.92 Å². The number of nitrogens with one attached hydrogen (secondary N) is 1. The molecule has 4 nitrogen and oxygen atoms in total. The highest BCUT2D eigenvalue weighted by Crippen LogP contribution is 2.33. The van der Waals surface area contributed by atoms with Gasteiger partial charge in [-0.2, -0.15) is 0 Å². The summed E-state index contributed by atoms with van der Waals surface area (Å²) in [5.74, 6) is 0.968. The molecule has 1 aliphatic heterocycles. The van der Waals surface area contributed by atoms with Crippen LogP contribution in [0.4, 0.5) is 0 Å². The third-order valence-electron chi connectivity index (χ3n) is 3.68. The fourth-order valence-corrected chi connectivity index (χ4v) is 2.49. The van der Waals surface area contributed by atoms with E-state index >= 15 is 0 Å². The van der Waals surface area contributed by atoms with Crippen molar-refractivity contribution in [1.29, 1.82) is 0 Å². The van der Waals surface area contributed by atoms with Gasteiger partial charge in [-0.25, -0.2) is 0 Å². The summed E-state index contributed by atoms with van der Waals surface area (Å²) in [6.45, 7) is 7.06. The van der Waals surface area contributed by atoms with Crippen LogP contribution in [0.15, 0.2) is 0 Å². The van der Waals surface area contributed by atoms with Crippen molar-refractivity contribution in [2.45, 2.75) is 25.3 Å². The van der Waals surface area contributed by atoms with Gasteiger partial charge in [0.15, 0.2) is 0 Å². The van der Waals surface area contributed by atoms with E-state index in [-0.39, 0.29) is 0 Å². The Morgan fingerprint density at radius 2 is 2.12 bits per heavy atom. The first kappa shape index (κ1) is 13.3. The second-order valence-electron chi connectivity index (χ2n) is 5.16. The molecule has 0 aromatic rings. The molecule has 1 heterocycles. The zero-order valence-corrected chi connectivity index (χ0v) is 11.0. The minimum atomic E-state index is 0.706. The number of ether oxygens (including phenoxy) is 2. The van der Waals surface area contributed by atoms with Crippen LogP contribution in [-0.2, 0) is 9.47 Å². The SMILES string of the molecule is COCCOCCCN1CCNC(C2CC2)C1. The van der Waals surface area contributed by atoms with E-state index in [9.17, 15) is 0 Å². The number of hydrogen-bond donors (Lipinski definition) is 1. The molecule has 1 unspecified atom stereocenters. The first-order chi connectivity index (χ1) is 8.40. The molecule has 17 heavy (non-hydrogen) atoms. The third kappa shape index (κ3) is 4.92. The molecule has 1 atom stereocenters. The van der Waals surface area contributed by atoms with Crippen LogP contribution in [0.25, 0.3) is 0 Å². The summed E-state index contributed by atoms with van der Waals surface area (Å²) < 4.78 is 10.4. The van der Waals surface area contributed by atoms with Crippen LogP contribution in [0.2, 0.25) is 0 Å². The summed E-state index contributed by atoms with van der Waals surface area (Å²) in [7, 11) is 1.71. The average Bonchev–Trinajstić information content (AvgIpc) is 3.18. The van der Waals surface area contributed by atoms with Crippen molar-refractivity contribution < 1.29 is 9.47 Å². The van der Waals surface area contributed by atoms with E-state index in [4.69, 9.17) is 9.47 Å². The van der Waals surface area contributed by atoms with Gasteiger partial charge in [-0.15, -0.1) is 0 Å². The first-order valence-corrected chi connectivity index (χ1v) is 6.92. The van der Waals surface area contributed by atoms with E-state index in [2.05, 4.69) is 10.2 Å². The van der Waals surface area contributed by atoms with E-state index in [1.54, 1.807) is 7.11 Å². The van der Waals surface area contributed by atoms with Gasteiger partial charge in [-0.1, -0.05) is 0 Å². The molecular formula is C13H26N2O2. The van der Waals surface area contributed by atoms with Gasteiger partial charge in [0.2, 0.25) is 0 Å². The lowest BCUT2D eigenvalue weighted by Crippen LogP contribution is -2.51. The Hall–Kier alpha value is -0.160. The van der Waals surface area contributed by atoms with Crippen LogP contribution in [0.3, 0.4) is 0 Å². The summed E-state index contributed by atoms with van der Waals surface area (Å²) >= 11 is 0. The molecule has 100 valence electrons. The Kier molecular flexibility index (Phi) is 5.71. The average molecular weight is 242 g/mol. The van der Waals surface area contributed by atoms with E-state index < -0.39 is 0 Å². The van der Waals surface area contributed by atoms with Crippen molar-refractivity contribution in [2.75, 3.05) is 53.1 Å². The number of nitrogens with zero attached hydrogens (tertiary/aromatic N) is 1. The highest BCUT2D eigenvalue weighted by molar-refractivity contribution is 4.91. The summed E-state index contributed by atoms with van der Waals surface area (Å²) in [6, 6.07) is 0.762. The predicted octanol–water partition coefficient (Wildman–Crippen LogP) is 0.723. The topological polar surface area (TPSA) is 33.7 Å². The molecule has 0 amide bonds. The lowest BCUT2D eigenvalue weighted by Gasteiger charge is -2.33. The molecule has 2 aliphatic rings. The van der Waals surface area contributed by atoms with E-state index in [0.29, 0.717) is 6.61 Å². The Morgan fingerprint density at radius 1 is 1.24 bits per heavy atom. The fraction of sp³-hybridized carbons (Fsp3) is 1.00. The van der Waals surface area contributed by atoms with E-state index in [1.165, 1.54) is 32.5 Å². The second-order valence-corrected chi connectivity index (χ2v) is 5.16. The van der Waals surface area contributed by atoms with E-state index in [1.807, 2.05) is 0 Å². The van der Waals surface area contributed by atoms with Gasteiger partial charge in [0.05, 0.1) is 13.2 Å². The quantitative estimate of drug-likeness (QED) is 0.636. The summed E-state index contributed by atoms with van der Waals surface area (Å²) in [6.07, 6.45) is 4.01. The molecule has 1 saturated heterocycles. The molecule has 1 N–H and O–H groups in total. The maximum absolute atomic E-state index is 5.48. The minimum Gasteiger partial charge on any atom is -0.382 e. The van der Waals surface area contributed by atoms with Crippen LogP contribution in [0, 0.1) is 5.92 Å². The van der Waals surface area contributed by atoms with Gasteiger partial charge in [0.25, 0.3) is 0 Å². The van der Waals surface area contributed by atoms with Gasteiger partial charge >= 0.3 is 0 Å². The van der Waals surface area contributed by atoms with E-state index in [0.717, 1.165) is 38.1 Å². The lowest BCUT2D eigenvalue weighted by atomic mass is 10.1. The molecule has 0 aromatic carbocycles. The van der Waals surface area contributed by atoms with Crippen LogP contribution in [-0.4, -0.2) is 64.1 Å². The van der Waals surface area contributed by atoms with Crippen molar-refractivity contribution in [3.05, 3.63) is 0 Å². The van der Waals surface area contributed by atoms with Crippen LogP contribution in [0.5, 0.6) is 0 Å². The summed E-state index contributed by atoms with van der Waals surface area (Å²) in [5, 5.41) is 3.64. The molecule has 2 fully saturated rings. The molecule has 0 spiro atoms. The Balaban J connectivity index is 1.49. The molecule has 0 radical (unpaired) electrons. The summed E-state index contributed by atoms with van der Waals surface area (Å²) in [4.78, 5) is 2.58. The minimum absolute atomic E-state index is 0.706. The van der Waals surface area contributed by atoms with Gasteiger partial charge in [0.1, 0.15) is 0 Å². The summed E-state index contributed by atoms with van der Waals surface area (Å²) in [5.41, 5.74) is 0. The lowest BCUT2D eigenvalue weighted by molar-refractivity contribution is 0.0632. The number of rotatable bonds is 8. The smallest absolute Gasteiger partial charge is 0.0700 e. The van der Waals surface area contributed by atoms with Crippen molar-refractivity contribution >= 4 is 0 Å². The van der Waals surface area contributed by atoms with Gasteiger partial charge < -0.3 is 19.7 Å². The zero-order valence-electron chi connectivity index (χ0n) is 11.0. The molecule has 4 heteroatoms. The Labute approximate surface area is 105 Å². The molecule has 0 bridgehead atoms. The van der Waals surface area contributed by atoms with Crippen molar-refractivity contribution in [1.82, 2.24) is 10.2 Å². The maximum Gasteiger partial charge on any atom is 0.0700 e. The van der Waals surface area contributed by atoms with Crippen molar-refractivity contribution in [3.8, 4) is 0 Å². The number of methoxy groups -OCH3 is 1. The first-order valence-electron chi connectivity index (χ1n) is 6.92. The standard InChI is InChI=1S/C13H26N2O2/c1-16-9-10-17-8-2-6-15-7-5-14-13(11-15)12-3-4-12/h12-14H,2-11H2,1H3. The normalized spacial score (nSPS) is 26.3. The molecule has 2 rings (SSSR count). The number of hydrogen-bond acceptors (Lipinski definition) is 4. The molecular weight excluding hydrogens is 216 g/mol. The van der Waals surface area contributed by atoms with Gasteiger partial charge in [-0.05, 0) is 25.2 Å². The van der Waals surface area contributed by atoms with Crippen LogP contribution >= 0.6 is 0 Å². The Bertz CT molecular complexity index is 210. The van der Waals surface area contributed by atoms with Crippen LogP contribution in [0.1, 0.15) is 19.3 Å².